The van der Waals surface area contributed by atoms with Crippen molar-refractivity contribution in [1.82, 2.24) is 19.5 Å². The highest BCUT2D eigenvalue weighted by Gasteiger charge is 2.30. The zero-order chi connectivity index (χ0) is 19.3. The van der Waals surface area contributed by atoms with Gasteiger partial charge in [-0.25, -0.2) is 17.7 Å². The summed E-state index contributed by atoms with van der Waals surface area (Å²) in [5.74, 6) is 0.631. The Morgan fingerprint density at radius 1 is 1.26 bits per heavy atom. The minimum Gasteiger partial charge on any atom is -0.326 e. The Morgan fingerprint density at radius 2 is 1.96 bits per heavy atom. The Hall–Kier alpha value is -2.26. The largest absolute Gasteiger partial charge is 0.326 e. The van der Waals surface area contributed by atoms with E-state index in [0.29, 0.717) is 43.9 Å². The molecule has 1 saturated heterocycles. The van der Waals surface area contributed by atoms with E-state index < -0.39 is 10.0 Å². The number of sulfonamides is 1. The number of benzene rings is 1. The third kappa shape index (κ3) is 4.92. The van der Waals surface area contributed by atoms with E-state index in [1.807, 2.05) is 31.2 Å². The topological polar surface area (TPSA) is 108 Å². The number of nitrogens with one attached hydrogen (secondary N) is 2. The average molecular weight is 391 g/mol. The fraction of sp³-hybridized carbons (Fsp3) is 0.500. The zero-order valence-corrected chi connectivity index (χ0v) is 16.2. The molecule has 1 amide bonds. The molecule has 0 unspecified atom stereocenters. The van der Waals surface area contributed by atoms with Gasteiger partial charge in [-0.05, 0) is 43.5 Å². The van der Waals surface area contributed by atoms with Crippen LogP contribution in [-0.4, -0.2) is 52.7 Å². The fourth-order valence-corrected chi connectivity index (χ4v) is 4.83. The van der Waals surface area contributed by atoms with Gasteiger partial charge < -0.3 is 5.32 Å². The van der Waals surface area contributed by atoms with Gasteiger partial charge in [-0.1, -0.05) is 13.3 Å². The van der Waals surface area contributed by atoms with Crippen LogP contribution in [0.25, 0.3) is 11.4 Å². The Balaban J connectivity index is 1.52. The summed E-state index contributed by atoms with van der Waals surface area (Å²) in [5.41, 5.74) is 1.59. The summed E-state index contributed by atoms with van der Waals surface area (Å²) in [6.45, 7) is 2.80. The number of nitrogens with zero attached hydrogens (tertiary/aromatic N) is 3. The van der Waals surface area contributed by atoms with Crippen LogP contribution in [0.3, 0.4) is 0 Å². The SMILES string of the molecule is CCCCS(=O)(=O)N1CCC(C(=O)Nc2ccc(-c3ncn[nH]3)cc2)CC1. The van der Waals surface area contributed by atoms with Crippen LogP contribution in [0, 0.1) is 5.92 Å². The molecule has 0 radical (unpaired) electrons. The molecular formula is C18H25N5O3S. The quantitative estimate of drug-likeness (QED) is 0.753. The highest BCUT2D eigenvalue weighted by Crippen LogP contribution is 2.23. The Bertz CT molecular complexity index is 842. The first-order valence-electron chi connectivity index (χ1n) is 9.24. The lowest BCUT2D eigenvalue weighted by Gasteiger charge is -2.30. The zero-order valence-electron chi connectivity index (χ0n) is 15.4. The Kier molecular flexibility index (Phi) is 6.22. The van der Waals surface area contributed by atoms with Gasteiger partial charge in [0.25, 0.3) is 0 Å². The molecule has 0 saturated carbocycles. The number of carbonyl (C=O) groups excluding carboxylic acids is 1. The van der Waals surface area contributed by atoms with Gasteiger partial charge >= 0.3 is 0 Å². The maximum atomic E-state index is 12.5. The van der Waals surface area contributed by atoms with E-state index in [4.69, 9.17) is 0 Å². The predicted molar refractivity (Wildman–Crippen MR) is 103 cm³/mol. The number of rotatable bonds is 7. The molecule has 0 atom stereocenters. The van der Waals surface area contributed by atoms with Gasteiger partial charge in [0.05, 0.1) is 5.75 Å². The molecular weight excluding hydrogens is 366 g/mol. The number of aromatic nitrogens is 3. The number of anilines is 1. The van der Waals surface area contributed by atoms with Gasteiger partial charge in [0.2, 0.25) is 15.9 Å². The summed E-state index contributed by atoms with van der Waals surface area (Å²) >= 11 is 0. The van der Waals surface area contributed by atoms with Crippen LogP contribution in [0.2, 0.25) is 0 Å². The smallest absolute Gasteiger partial charge is 0.227 e. The molecule has 2 aromatic rings. The lowest BCUT2D eigenvalue weighted by Crippen LogP contribution is -2.42. The van der Waals surface area contributed by atoms with Gasteiger partial charge in [-0.3, -0.25) is 9.89 Å². The van der Waals surface area contributed by atoms with Crippen LogP contribution in [-0.2, 0) is 14.8 Å². The molecule has 1 fully saturated rings. The molecule has 1 aliphatic heterocycles. The second-order valence-electron chi connectivity index (χ2n) is 6.74. The molecule has 1 aliphatic rings. The van der Waals surface area contributed by atoms with Crippen LogP contribution in [0.1, 0.15) is 32.6 Å². The lowest BCUT2D eigenvalue weighted by atomic mass is 9.97. The van der Waals surface area contributed by atoms with Crippen molar-refractivity contribution < 1.29 is 13.2 Å². The first-order valence-corrected chi connectivity index (χ1v) is 10.8. The summed E-state index contributed by atoms with van der Waals surface area (Å²) in [5, 5.41) is 9.53. The molecule has 1 aromatic carbocycles. The number of unbranched alkanes of at least 4 members (excludes halogenated alkanes) is 1. The van der Waals surface area contributed by atoms with Gasteiger partial charge in [0, 0.05) is 30.3 Å². The number of carbonyl (C=O) groups is 1. The third-order valence-corrected chi connectivity index (χ3v) is 6.77. The Morgan fingerprint density at radius 3 is 2.56 bits per heavy atom. The van der Waals surface area contributed by atoms with Crippen molar-refractivity contribution in [3.63, 3.8) is 0 Å². The molecule has 2 N–H and O–H groups in total. The molecule has 0 aliphatic carbocycles. The van der Waals surface area contributed by atoms with Crippen molar-refractivity contribution in [3.05, 3.63) is 30.6 Å². The molecule has 3 rings (SSSR count). The van der Waals surface area contributed by atoms with Crippen LogP contribution < -0.4 is 5.32 Å². The molecule has 9 heteroatoms. The van der Waals surface area contributed by atoms with Crippen molar-refractivity contribution >= 4 is 21.6 Å². The number of piperidine rings is 1. The van der Waals surface area contributed by atoms with E-state index in [2.05, 4.69) is 20.5 Å². The van der Waals surface area contributed by atoms with Crippen molar-refractivity contribution in [3.8, 4) is 11.4 Å². The van der Waals surface area contributed by atoms with Gasteiger partial charge in [0.15, 0.2) is 5.82 Å². The monoisotopic (exact) mass is 391 g/mol. The van der Waals surface area contributed by atoms with E-state index in [-0.39, 0.29) is 17.6 Å². The first kappa shape index (κ1) is 19.5. The van der Waals surface area contributed by atoms with Crippen molar-refractivity contribution in [2.75, 3.05) is 24.2 Å². The van der Waals surface area contributed by atoms with E-state index in [9.17, 15) is 13.2 Å². The van der Waals surface area contributed by atoms with Crippen LogP contribution in [0.4, 0.5) is 5.69 Å². The number of aromatic amines is 1. The minimum absolute atomic E-state index is 0.0620. The standard InChI is InChI=1S/C18H25N5O3S/c1-2-3-12-27(25,26)23-10-8-15(9-11-23)18(24)21-16-6-4-14(5-7-16)17-19-13-20-22-17/h4-7,13,15H,2-3,8-12H2,1H3,(H,21,24)(H,19,20,22). The lowest BCUT2D eigenvalue weighted by molar-refractivity contribution is -0.120. The molecule has 0 bridgehead atoms. The summed E-state index contributed by atoms with van der Waals surface area (Å²) < 4.78 is 26.0. The van der Waals surface area contributed by atoms with E-state index in [1.165, 1.54) is 10.6 Å². The van der Waals surface area contributed by atoms with Crippen LogP contribution in [0.15, 0.2) is 30.6 Å². The maximum Gasteiger partial charge on any atom is 0.227 e. The van der Waals surface area contributed by atoms with Crippen LogP contribution in [0.5, 0.6) is 0 Å². The summed E-state index contributed by atoms with van der Waals surface area (Å²) in [6.07, 6.45) is 4.07. The maximum absolute atomic E-state index is 12.5. The van der Waals surface area contributed by atoms with Gasteiger partial charge in [0.1, 0.15) is 6.33 Å². The Labute approximate surface area is 159 Å². The second kappa shape index (κ2) is 8.62. The van der Waals surface area contributed by atoms with E-state index >= 15 is 0 Å². The van der Waals surface area contributed by atoms with Crippen molar-refractivity contribution in [2.24, 2.45) is 5.92 Å². The predicted octanol–water partition coefficient (Wildman–Crippen LogP) is 2.25. The molecule has 2 heterocycles. The van der Waals surface area contributed by atoms with Crippen LogP contribution >= 0.6 is 0 Å². The highest BCUT2D eigenvalue weighted by molar-refractivity contribution is 7.89. The van der Waals surface area contributed by atoms with Crippen molar-refractivity contribution in [1.29, 1.82) is 0 Å². The number of hydrogen-bond donors (Lipinski definition) is 2. The molecule has 0 spiro atoms. The molecule has 146 valence electrons. The molecule has 1 aromatic heterocycles. The highest BCUT2D eigenvalue weighted by atomic mass is 32.2. The van der Waals surface area contributed by atoms with E-state index in [1.54, 1.807) is 0 Å². The molecule has 8 nitrogen and oxygen atoms in total. The normalized spacial score (nSPS) is 16.3. The minimum atomic E-state index is -3.19. The number of amides is 1. The summed E-state index contributed by atoms with van der Waals surface area (Å²) in [7, 11) is -3.19. The number of H-pyrrole nitrogens is 1. The van der Waals surface area contributed by atoms with Gasteiger partial charge in [-0.2, -0.15) is 5.10 Å². The fourth-order valence-electron chi connectivity index (χ4n) is 3.15. The molecule has 27 heavy (non-hydrogen) atoms. The van der Waals surface area contributed by atoms with Crippen molar-refractivity contribution in [2.45, 2.75) is 32.6 Å². The second-order valence-corrected chi connectivity index (χ2v) is 8.83. The summed E-state index contributed by atoms with van der Waals surface area (Å²) in [4.78, 5) is 16.6. The number of hydrogen-bond acceptors (Lipinski definition) is 5. The van der Waals surface area contributed by atoms with Gasteiger partial charge in [-0.15, -0.1) is 0 Å². The van der Waals surface area contributed by atoms with E-state index in [0.717, 1.165) is 12.0 Å². The first-order chi connectivity index (χ1) is 13.0. The average Bonchev–Trinajstić information content (AvgIpc) is 3.22. The summed E-state index contributed by atoms with van der Waals surface area (Å²) in [6, 6.07) is 7.36. The third-order valence-electron chi connectivity index (χ3n) is 4.81.